The number of benzene rings is 1. The van der Waals surface area contributed by atoms with Crippen LogP contribution in [0.5, 0.6) is 0 Å². The van der Waals surface area contributed by atoms with Gasteiger partial charge in [0, 0.05) is 28.4 Å². The van der Waals surface area contributed by atoms with E-state index in [1.54, 1.807) is 31.3 Å². The zero-order valence-electron chi connectivity index (χ0n) is 8.55. The Balaban J connectivity index is 2.68. The van der Waals surface area contributed by atoms with Crippen LogP contribution in [0.3, 0.4) is 0 Å². The highest BCUT2D eigenvalue weighted by Crippen LogP contribution is 2.29. The summed E-state index contributed by atoms with van der Waals surface area (Å²) in [4.78, 5) is 14.5. The topological polar surface area (TPSA) is 32.9 Å². The van der Waals surface area contributed by atoms with E-state index in [1.807, 2.05) is 0 Å². The highest BCUT2D eigenvalue weighted by Gasteiger charge is 2.08. The molecule has 0 atom stereocenters. The molecule has 1 aromatic carbocycles. The van der Waals surface area contributed by atoms with E-state index in [0.29, 0.717) is 15.6 Å². The van der Waals surface area contributed by atoms with Crippen molar-refractivity contribution >= 4 is 23.2 Å². The summed E-state index contributed by atoms with van der Waals surface area (Å²) in [5.74, 6) is 0. The first kappa shape index (κ1) is 11.2. The van der Waals surface area contributed by atoms with Gasteiger partial charge in [-0.25, -0.2) is 0 Å². The van der Waals surface area contributed by atoms with Crippen LogP contribution in [-0.2, 0) is 0 Å². The van der Waals surface area contributed by atoms with Crippen molar-refractivity contribution in [3.05, 3.63) is 56.3 Å². The van der Waals surface area contributed by atoms with Gasteiger partial charge in [0.15, 0.2) is 5.43 Å². The molecule has 0 unspecified atom stereocenters. The van der Waals surface area contributed by atoms with Crippen LogP contribution in [0.2, 0.25) is 10.0 Å². The minimum atomic E-state index is -0.0141. The van der Waals surface area contributed by atoms with Crippen LogP contribution < -0.4 is 5.43 Å². The lowest BCUT2D eigenvalue weighted by Crippen LogP contribution is -2.06. The minimum absolute atomic E-state index is 0.0141. The van der Waals surface area contributed by atoms with Gasteiger partial charge in [0.25, 0.3) is 0 Å². The Morgan fingerprint density at radius 1 is 1.19 bits per heavy atom. The van der Waals surface area contributed by atoms with E-state index >= 15 is 0 Å². The number of hydrogen-bond donors (Lipinski definition) is 1. The highest BCUT2D eigenvalue weighted by atomic mass is 35.5. The average Bonchev–Trinajstić information content (AvgIpc) is 2.23. The summed E-state index contributed by atoms with van der Waals surface area (Å²) in [6, 6.07) is 6.68. The van der Waals surface area contributed by atoms with E-state index in [2.05, 4.69) is 4.98 Å². The second-order valence-electron chi connectivity index (χ2n) is 3.47. The summed E-state index contributed by atoms with van der Waals surface area (Å²) in [6.07, 6.45) is 1.61. The monoisotopic (exact) mass is 253 g/mol. The standard InChI is InChI=1S/C12H9Cl2NO/c1-7-11(16)4-5-15-12(7)9-3-2-8(13)6-10(9)14/h2-6H,1H3,(H,15,16). The quantitative estimate of drug-likeness (QED) is 0.827. The van der Waals surface area contributed by atoms with Crippen LogP contribution in [0, 0.1) is 6.92 Å². The summed E-state index contributed by atoms with van der Waals surface area (Å²) in [5.41, 5.74) is 2.14. The third-order valence-electron chi connectivity index (χ3n) is 2.41. The molecule has 0 amide bonds. The predicted octanol–water partition coefficient (Wildman–Crippen LogP) is 3.66. The van der Waals surface area contributed by atoms with Crippen molar-refractivity contribution in [1.29, 1.82) is 0 Å². The van der Waals surface area contributed by atoms with Crippen LogP contribution in [-0.4, -0.2) is 4.98 Å². The van der Waals surface area contributed by atoms with Crippen molar-refractivity contribution in [3.8, 4) is 11.3 Å². The number of H-pyrrole nitrogens is 1. The molecule has 2 nitrogen and oxygen atoms in total. The first-order valence-electron chi connectivity index (χ1n) is 4.73. The van der Waals surface area contributed by atoms with E-state index in [4.69, 9.17) is 23.2 Å². The summed E-state index contributed by atoms with van der Waals surface area (Å²) in [6.45, 7) is 1.76. The molecule has 4 heteroatoms. The van der Waals surface area contributed by atoms with Crippen molar-refractivity contribution < 1.29 is 0 Å². The largest absolute Gasteiger partial charge is 0.361 e. The van der Waals surface area contributed by atoms with Gasteiger partial charge in [-0.2, -0.15) is 0 Å². The number of halogens is 2. The lowest BCUT2D eigenvalue weighted by molar-refractivity contribution is 1.24. The van der Waals surface area contributed by atoms with Crippen LogP contribution in [0.4, 0.5) is 0 Å². The number of pyridine rings is 1. The van der Waals surface area contributed by atoms with E-state index in [9.17, 15) is 4.79 Å². The second-order valence-corrected chi connectivity index (χ2v) is 4.31. The van der Waals surface area contributed by atoms with Crippen LogP contribution in [0.25, 0.3) is 11.3 Å². The first-order chi connectivity index (χ1) is 7.59. The van der Waals surface area contributed by atoms with Gasteiger partial charge < -0.3 is 4.98 Å². The van der Waals surface area contributed by atoms with Gasteiger partial charge in [0.05, 0.1) is 10.7 Å². The van der Waals surface area contributed by atoms with E-state index in [0.717, 1.165) is 11.3 Å². The Kier molecular flexibility index (Phi) is 3.03. The zero-order valence-corrected chi connectivity index (χ0v) is 10.1. The average molecular weight is 254 g/mol. The van der Waals surface area contributed by atoms with Gasteiger partial charge in [0.1, 0.15) is 0 Å². The Bertz CT molecular complexity index is 590. The van der Waals surface area contributed by atoms with Crippen LogP contribution in [0.1, 0.15) is 5.56 Å². The number of hydrogen-bond acceptors (Lipinski definition) is 1. The summed E-state index contributed by atoms with van der Waals surface area (Å²) in [5, 5.41) is 1.10. The molecule has 0 aliphatic carbocycles. The molecule has 82 valence electrons. The molecule has 0 aliphatic rings. The second kappa shape index (κ2) is 4.32. The molecule has 0 aliphatic heterocycles. The van der Waals surface area contributed by atoms with Crippen molar-refractivity contribution in [2.75, 3.05) is 0 Å². The fraction of sp³-hybridized carbons (Fsp3) is 0.0833. The first-order valence-corrected chi connectivity index (χ1v) is 5.49. The van der Waals surface area contributed by atoms with Crippen molar-refractivity contribution in [1.82, 2.24) is 4.98 Å². The number of aromatic nitrogens is 1. The van der Waals surface area contributed by atoms with Crippen LogP contribution >= 0.6 is 23.2 Å². The number of nitrogens with one attached hydrogen (secondary N) is 1. The normalized spacial score (nSPS) is 10.4. The smallest absolute Gasteiger partial charge is 0.185 e. The lowest BCUT2D eigenvalue weighted by Gasteiger charge is -2.07. The molecule has 0 bridgehead atoms. The number of rotatable bonds is 1. The molecular formula is C12H9Cl2NO. The molecule has 0 fully saturated rings. The maximum absolute atomic E-state index is 11.5. The van der Waals surface area contributed by atoms with E-state index in [-0.39, 0.29) is 5.43 Å². The van der Waals surface area contributed by atoms with Crippen molar-refractivity contribution in [2.24, 2.45) is 0 Å². The fourth-order valence-corrected chi connectivity index (χ4v) is 2.03. The van der Waals surface area contributed by atoms with Crippen LogP contribution in [0.15, 0.2) is 35.3 Å². The summed E-state index contributed by atoms with van der Waals surface area (Å²) < 4.78 is 0. The minimum Gasteiger partial charge on any atom is -0.361 e. The van der Waals surface area contributed by atoms with Gasteiger partial charge in [0.2, 0.25) is 0 Å². The molecule has 2 rings (SSSR count). The van der Waals surface area contributed by atoms with Gasteiger partial charge in [-0.3, -0.25) is 4.79 Å². The number of aromatic amines is 1. The summed E-state index contributed by atoms with van der Waals surface area (Å²) >= 11 is 11.9. The van der Waals surface area contributed by atoms with Crippen molar-refractivity contribution in [3.63, 3.8) is 0 Å². The highest BCUT2D eigenvalue weighted by molar-refractivity contribution is 6.36. The van der Waals surface area contributed by atoms with E-state index < -0.39 is 0 Å². The maximum atomic E-state index is 11.5. The van der Waals surface area contributed by atoms with E-state index in [1.165, 1.54) is 6.07 Å². The molecular weight excluding hydrogens is 245 g/mol. The van der Waals surface area contributed by atoms with Gasteiger partial charge in [-0.1, -0.05) is 23.2 Å². The van der Waals surface area contributed by atoms with Gasteiger partial charge >= 0.3 is 0 Å². The molecule has 1 aromatic heterocycles. The molecule has 0 spiro atoms. The molecule has 0 radical (unpaired) electrons. The molecule has 16 heavy (non-hydrogen) atoms. The zero-order chi connectivity index (χ0) is 11.7. The SMILES string of the molecule is Cc1c(-c2ccc(Cl)cc2Cl)[nH]ccc1=O. The fourth-order valence-electron chi connectivity index (χ4n) is 1.53. The van der Waals surface area contributed by atoms with Gasteiger partial charge in [-0.05, 0) is 25.1 Å². The Labute approximate surface area is 103 Å². The Hall–Kier alpha value is -1.25. The maximum Gasteiger partial charge on any atom is 0.185 e. The van der Waals surface area contributed by atoms with Gasteiger partial charge in [-0.15, -0.1) is 0 Å². The molecule has 0 saturated carbocycles. The molecule has 1 heterocycles. The lowest BCUT2D eigenvalue weighted by atomic mass is 10.1. The third-order valence-corrected chi connectivity index (χ3v) is 2.96. The third kappa shape index (κ3) is 1.99. The molecule has 1 N–H and O–H groups in total. The molecule has 0 saturated heterocycles. The summed E-state index contributed by atoms with van der Waals surface area (Å²) in [7, 11) is 0. The Morgan fingerprint density at radius 2 is 1.94 bits per heavy atom. The molecule has 2 aromatic rings. The van der Waals surface area contributed by atoms with Crippen molar-refractivity contribution in [2.45, 2.75) is 6.92 Å². The predicted molar refractivity (Wildman–Crippen MR) is 67.3 cm³/mol. The Morgan fingerprint density at radius 3 is 2.62 bits per heavy atom.